The predicted molar refractivity (Wildman–Crippen MR) is 137 cm³/mol. The quantitative estimate of drug-likeness (QED) is 0.362. The largest absolute Gasteiger partial charge is 0.496 e. The Morgan fingerprint density at radius 1 is 0.941 bits per heavy atom. The lowest BCUT2D eigenvalue weighted by Gasteiger charge is -2.35. The molecule has 2 aromatic carbocycles. The van der Waals surface area contributed by atoms with E-state index in [1.54, 1.807) is 29.7 Å². The zero-order valence-electron chi connectivity index (χ0n) is 19.0. The van der Waals surface area contributed by atoms with Gasteiger partial charge in [0.15, 0.2) is 0 Å². The van der Waals surface area contributed by atoms with Crippen LogP contribution in [0.5, 0.6) is 5.75 Å². The fraction of sp³-hybridized carbons (Fsp3) is 0.375. The molecule has 2 aliphatic rings. The number of carbonyl (C=O) groups is 2. The van der Waals surface area contributed by atoms with Crippen LogP contribution in [-0.2, 0) is 0 Å². The number of hydrogen-bond donors (Lipinski definition) is 0. The van der Waals surface area contributed by atoms with Crippen LogP contribution in [-0.4, -0.2) is 77.8 Å². The molecule has 0 saturated carbocycles. The number of carbonyl (C=O) groups excluding carboxylic acids is 2. The van der Waals surface area contributed by atoms with Crippen molar-refractivity contribution in [3.05, 3.63) is 53.6 Å². The molecule has 0 spiro atoms. The van der Waals surface area contributed by atoms with Crippen molar-refractivity contribution < 1.29 is 19.8 Å². The molecule has 10 heteroatoms. The summed E-state index contributed by atoms with van der Waals surface area (Å²) in [5.41, 5.74) is 0.839. The van der Waals surface area contributed by atoms with E-state index in [4.69, 9.17) is 4.74 Å². The molecule has 0 unspecified atom stereocenters. The first-order valence-corrected chi connectivity index (χ1v) is 11.8. The van der Waals surface area contributed by atoms with Crippen LogP contribution in [0, 0.1) is 0 Å². The van der Waals surface area contributed by atoms with E-state index < -0.39 is 0 Å². The summed E-state index contributed by atoms with van der Waals surface area (Å²) in [5.74, 6) is 1.11. The lowest BCUT2D eigenvalue weighted by Crippen LogP contribution is -2.46. The van der Waals surface area contributed by atoms with Crippen molar-refractivity contribution in [3.8, 4) is 5.75 Å². The van der Waals surface area contributed by atoms with E-state index in [1.165, 1.54) is 22.1 Å². The Hall–Kier alpha value is -2.72. The van der Waals surface area contributed by atoms with Gasteiger partial charge in [-0.05, 0) is 55.2 Å². The third kappa shape index (κ3) is 4.74. The SMILES string of the molecule is COc1cccc2c1C(=O)N(CCCCN1CCN(c3nsc4ccccc34)CC1)C2=O.Cl.O. The number of imide groups is 1. The number of amides is 2. The Balaban J connectivity index is 0.00000162. The molecule has 2 aliphatic heterocycles. The van der Waals surface area contributed by atoms with E-state index in [-0.39, 0.29) is 29.7 Å². The molecule has 3 heterocycles. The molecule has 8 nitrogen and oxygen atoms in total. The summed E-state index contributed by atoms with van der Waals surface area (Å²) in [6.07, 6.45) is 1.74. The van der Waals surface area contributed by atoms with Crippen LogP contribution >= 0.6 is 23.9 Å². The van der Waals surface area contributed by atoms with Gasteiger partial charge in [-0.15, -0.1) is 12.4 Å². The number of piperazine rings is 1. The number of anilines is 1. The van der Waals surface area contributed by atoms with Crippen LogP contribution in [0.2, 0.25) is 0 Å². The first-order valence-electron chi connectivity index (χ1n) is 11.0. The number of hydrogen-bond acceptors (Lipinski definition) is 7. The zero-order valence-corrected chi connectivity index (χ0v) is 20.7. The molecule has 1 saturated heterocycles. The lowest BCUT2D eigenvalue weighted by atomic mass is 10.1. The predicted octanol–water partition coefficient (Wildman–Crippen LogP) is 3.10. The molecule has 0 bridgehead atoms. The number of unbranched alkanes of at least 4 members (excludes halogenated alkanes) is 1. The van der Waals surface area contributed by atoms with E-state index in [0.29, 0.717) is 23.4 Å². The van der Waals surface area contributed by atoms with Crippen molar-refractivity contribution in [3.63, 3.8) is 0 Å². The van der Waals surface area contributed by atoms with Crippen molar-refractivity contribution in [2.75, 3.05) is 51.3 Å². The van der Waals surface area contributed by atoms with Crippen molar-refractivity contribution >= 4 is 51.7 Å². The number of halogens is 1. The highest BCUT2D eigenvalue weighted by Gasteiger charge is 2.37. The summed E-state index contributed by atoms with van der Waals surface area (Å²) in [6, 6.07) is 13.6. The molecule has 182 valence electrons. The van der Waals surface area contributed by atoms with Gasteiger partial charge >= 0.3 is 0 Å². The fourth-order valence-electron chi connectivity index (χ4n) is 4.56. The highest BCUT2D eigenvalue weighted by atomic mass is 35.5. The number of aromatic nitrogens is 1. The maximum Gasteiger partial charge on any atom is 0.265 e. The molecule has 0 atom stereocenters. The summed E-state index contributed by atoms with van der Waals surface area (Å²) < 4.78 is 11.2. The minimum absolute atomic E-state index is 0. The van der Waals surface area contributed by atoms with E-state index in [1.807, 2.05) is 0 Å². The van der Waals surface area contributed by atoms with E-state index in [0.717, 1.165) is 51.4 Å². The highest BCUT2D eigenvalue weighted by molar-refractivity contribution is 7.13. The van der Waals surface area contributed by atoms with Gasteiger partial charge in [0.25, 0.3) is 11.8 Å². The van der Waals surface area contributed by atoms with Crippen molar-refractivity contribution in [2.24, 2.45) is 0 Å². The molecule has 34 heavy (non-hydrogen) atoms. The van der Waals surface area contributed by atoms with Crippen molar-refractivity contribution in [1.29, 1.82) is 0 Å². The van der Waals surface area contributed by atoms with Crippen LogP contribution in [0.1, 0.15) is 33.6 Å². The first kappa shape index (κ1) is 25.9. The van der Waals surface area contributed by atoms with Gasteiger partial charge in [-0.1, -0.05) is 18.2 Å². The van der Waals surface area contributed by atoms with E-state index >= 15 is 0 Å². The molecule has 1 fully saturated rings. The topological polar surface area (TPSA) is 97.5 Å². The molecule has 2 N–H and O–H groups in total. The van der Waals surface area contributed by atoms with Gasteiger partial charge in [-0.3, -0.25) is 19.4 Å². The molecule has 2 amide bonds. The monoisotopic (exact) mass is 504 g/mol. The molecule has 1 aromatic heterocycles. The van der Waals surface area contributed by atoms with Crippen LogP contribution in [0.15, 0.2) is 42.5 Å². The lowest BCUT2D eigenvalue weighted by molar-refractivity contribution is 0.0649. The molecular weight excluding hydrogens is 476 g/mol. The number of rotatable bonds is 7. The van der Waals surface area contributed by atoms with Gasteiger partial charge in [-0.2, -0.15) is 4.37 Å². The Bertz CT molecular complexity index is 1160. The van der Waals surface area contributed by atoms with Crippen LogP contribution < -0.4 is 9.64 Å². The minimum atomic E-state index is -0.244. The first-order chi connectivity index (χ1) is 15.7. The smallest absolute Gasteiger partial charge is 0.265 e. The number of benzene rings is 2. The van der Waals surface area contributed by atoms with Crippen LogP contribution in [0.3, 0.4) is 0 Å². The van der Waals surface area contributed by atoms with Gasteiger partial charge in [0.1, 0.15) is 11.6 Å². The van der Waals surface area contributed by atoms with Crippen LogP contribution in [0.4, 0.5) is 5.82 Å². The minimum Gasteiger partial charge on any atom is -0.496 e. The normalized spacial score (nSPS) is 15.8. The Morgan fingerprint density at radius 2 is 1.68 bits per heavy atom. The van der Waals surface area contributed by atoms with E-state index in [2.05, 4.69) is 38.4 Å². The average Bonchev–Trinajstić information content (AvgIpc) is 3.37. The fourth-order valence-corrected chi connectivity index (χ4v) is 5.36. The van der Waals surface area contributed by atoms with Gasteiger partial charge in [0.05, 0.1) is 22.9 Å². The second-order valence-corrected chi connectivity index (χ2v) is 8.99. The van der Waals surface area contributed by atoms with Gasteiger partial charge < -0.3 is 15.1 Å². The maximum atomic E-state index is 12.7. The maximum absolute atomic E-state index is 12.7. The Kier molecular flexibility index (Phi) is 8.48. The summed E-state index contributed by atoms with van der Waals surface area (Å²) >= 11 is 1.56. The third-order valence-corrected chi connectivity index (χ3v) is 7.13. The Labute approximate surface area is 209 Å². The second kappa shape index (κ2) is 11.1. The standard InChI is InChI=1S/C24H26N4O3S.ClH.H2O/c1-31-19-9-6-8-18-21(19)24(30)28(23(18)29)12-5-4-11-26-13-15-27(16-14-26)22-17-7-2-3-10-20(17)32-25-22;;/h2-3,6-10H,4-5,11-16H2,1H3;1H;1H2. The van der Waals surface area contributed by atoms with Gasteiger partial charge in [-0.25, -0.2) is 0 Å². The second-order valence-electron chi connectivity index (χ2n) is 8.18. The zero-order chi connectivity index (χ0) is 22.1. The molecular formula is C24H29ClN4O4S. The highest BCUT2D eigenvalue weighted by Crippen LogP contribution is 2.31. The number of fused-ring (bicyclic) bond motifs is 2. The number of methoxy groups -OCH3 is 1. The van der Waals surface area contributed by atoms with E-state index in [9.17, 15) is 9.59 Å². The van der Waals surface area contributed by atoms with Crippen LogP contribution in [0.25, 0.3) is 10.1 Å². The molecule has 0 aliphatic carbocycles. The Morgan fingerprint density at radius 3 is 2.44 bits per heavy atom. The number of nitrogens with zero attached hydrogens (tertiary/aromatic N) is 4. The van der Waals surface area contributed by atoms with Gasteiger partial charge in [0, 0.05) is 38.1 Å². The summed E-state index contributed by atoms with van der Waals surface area (Å²) in [6.45, 7) is 5.34. The van der Waals surface area contributed by atoms with Crippen molar-refractivity contribution in [1.82, 2.24) is 14.2 Å². The average molecular weight is 505 g/mol. The van der Waals surface area contributed by atoms with Crippen molar-refractivity contribution in [2.45, 2.75) is 12.8 Å². The summed E-state index contributed by atoms with van der Waals surface area (Å²) in [4.78, 5) is 31.6. The summed E-state index contributed by atoms with van der Waals surface area (Å²) in [5, 5.41) is 1.24. The summed E-state index contributed by atoms with van der Waals surface area (Å²) in [7, 11) is 1.52. The molecule has 5 rings (SSSR count). The van der Waals surface area contributed by atoms with Gasteiger partial charge in [0.2, 0.25) is 0 Å². The number of ether oxygens (including phenoxy) is 1. The molecule has 3 aromatic rings. The third-order valence-electron chi connectivity index (χ3n) is 6.32. The molecule has 0 radical (unpaired) electrons.